The second-order valence-electron chi connectivity index (χ2n) is 5.67. The van der Waals surface area contributed by atoms with Crippen molar-refractivity contribution in [2.75, 3.05) is 0 Å². The predicted octanol–water partition coefficient (Wildman–Crippen LogP) is 4.62. The van der Waals surface area contributed by atoms with Gasteiger partial charge in [0.15, 0.2) is 0 Å². The van der Waals surface area contributed by atoms with Gasteiger partial charge in [-0.05, 0) is 35.6 Å². The monoisotopic (exact) mass is 259 g/mol. The summed E-state index contributed by atoms with van der Waals surface area (Å²) in [4.78, 5) is 4.09. The first-order valence-electron chi connectivity index (χ1n) is 6.27. The summed E-state index contributed by atoms with van der Waals surface area (Å²) >= 11 is 0. The maximum absolute atomic E-state index is 14.0. The molecule has 1 aromatic heterocycles. The SMILES string of the molecule is Cc1ccnc(Oc2ccc(C(C)(C)C)c(F)c2)c1. The Kier molecular flexibility index (Phi) is 3.56. The fourth-order valence-corrected chi connectivity index (χ4v) is 1.85. The van der Waals surface area contributed by atoms with Gasteiger partial charge in [0.05, 0.1) is 0 Å². The van der Waals surface area contributed by atoms with E-state index in [1.807, 2.05) is 39.8 Å². The van der Waals surface area contributed by atoms with Crippen LogP contribution in [0, 0.1) is 12.7 Å². The quantitative estimate of drug-likeness (QED) is 0.785. The van der Waals surface area contributed by atoms with Gasteiger partial charge in [0.2, 0.25) is 5.88 Å². The van der Waals surface area contributed by atoms with Crippen molar-refractivity contribution in [3.8, 4) is 11.6 Å². The third kappa shape index (κ3) is 3.31. The summed E-state index contributed by atoms with van der Waals surface area (Å²) < 4.78 is 19.6. The molecule has 0 bridgehead atoms. The Morgan fingerprint density at radius 3 is 2.42 bits per heavy atom. The molecule has 0 aliphatic carbocycles. The molecule has 0 saturated heterocycles. The molecule has 2 rings (SSSR count). The third-order valence-corrected chi connectivity index (χ3v) is 2.86. The standard InChI is InChI=1S/C16H18FNO/c1-11-7-8-18-15(9-11)19-12-5-6-13(14(17)10-12)16(2,3)4/h5-10H,1-4H3. The van der Waals surface area contributed by atoms with Gasteiger partial charge in [-0.1, -0.05) is 26.8 Å². The molecule has 0 N–H and O–H groups in total. The van der Waals surface area contributed by atoms with Crippen molar-refractivity contribution < 1.29 is 9.13 Å². The van der Waals surface area contributed by atoms with Crippen molar-refractivity contribution >= 4 is 0 Å². The third-order valence-electron chi connectivity index (χ3n) is 2.86. The minimum absolute atomic E-state index is 0.218. The Morgan fingerprint density at radius 1 is 1.11 bits per heavy atom. The molecule has 0 fully saturated rings. The van der Waals surface area contributed by atoms with Crippen LogP contribution in [0.5, 0.6) is 11.6 Å². The van der Waals surface area contributed by atoms with Crippen LogP contribution in [-0.4, -0.2) is 4.98 Å². The summed E-state index contributed by atoms with van der Waals surface area (Å²) in [6.45, 7) is 7.90. The molecule has 0 aliphatic heterocycles. The number of nitrogens with zero attached hydrogens (tertiary/aromatic N) is 1. The Balaban J connectivity index is 2.26. The molecule has 2 aromatic rings. The molecule has 0 atom stereocenters. The average molecular weight is 259 g/mol. The van der Waals surface area contributed by atoms with Crippen LogP contribution in [0.2, 0.25) is 0 Å². The maximum atomic E-state index is 14.0. The lowest BCUT2D eigenvalue weighted by molar-refractivity contribution is 0.452. The van der Waals surface area contributed by atoms with Crippen molar-refractivity contribution in [2.24, 2.45) is 0 Å². The summed E-state index contributed by atoms with van der Waals surface area (Å²) in [5.74, 6) is 0.684. The van der Waals surface area contributed by atoms with E-state index in [1.54, 1.807) is 18.3 Å². The lowest BCUT2D eigenvalue weighted by Crippen LogP contribution is -2.13. The summed E-state index contributed by atoms with van der Waals surface area (Å²) in [6.07, 6.45) is 1.67. The lowest BCUT2D eigenvalue weighted by Gasteiger charge is -2.20. The first-order chi connectivity index (χ1) is 8.86. The maximum Gasteiger partial charge on any atom is 0.219 e. The first-order valence-corrected chi connectivity index (χ1v) is 6.27. The van der Waals surface area contributed by atoms with E-state index in [-0.39, 0.29) is 11.2 Å². The molecule has 2 nitrogen and oxygen atoms in total. The molecular weight excluding hydrogens is 241 g/mol. The van der Waals surface area contributed by atoms with Crippen molar-refractivity contribution in [1.82, 2.24) is 4.98 Å². The molecule has 100 valence electrons. The van der Waals surface area contributed by atoms with E-state index in [0.29, 0.717) is 17.2 Å². The summed E-state index contributed by atoms with van der Waals surface area (Å²) in [6, 6.07) is 8.64. The van der Waals surface area contributed by atoms with Crippen molar-refractivity contribution in [2.45, 2.75) is 33.1 Å². The number of aryl methyl sites for hydroxylation is 1. The van der Waals surface area contributed by atoms with Crippen molar-refractivity contribution in [1.29, 1.82) is 0 Å². The minimum atomic E-state index is -0.252. The van der Waals surface area contributed by atoms with E-state index in [9.17, 15) is 4.39 Å². The number of ether oxygens (including phenoxy) is 1. The van der Waals surface area contributed by atoms with Gasteiger partial charge in [0.1, 0.15) is 11.6 Å². The fraction of sp³-hybridized carbons (Fsp3) is 0.312. The molecule has 0 aliphatic rings. The van der Waals surface area contributed by atoms with Gasteiger partial charge in [0, 0.05) is 18.3 Å². The number of halogens is 1. The second-order valence-corrected chi connectivity index (χ2v) is 5.67. The van der Waals surface area contributed by atoms with E-state index in [2.05, 4.69) is 4.98 Å². The van der Waals surface area contributed by atoms with Crippen LogP contribution in [0.4, 0.5) is 4.39 Å². The first kappa shape index (κ1) is 13.5. The van der Waals surface area contributed by atoms with Gasteiger partial charge in [-0.25, -0.2) is 9.37 Å². The normalized spacial score (nSPS) is 11.4. The Labute approximate surface area is 113 Å². The summed E-state index contributed by atoms with van der Waals surface area (Å²) in [7, 11) is 0. The number of pyridine rings is 1. The lowest BCUT2D eigenvalue weighted by atomic mass is 9.87. The molecule has 19 heavy (non-hydrogen) atoms. The largest absolute Gasteiger partial charge is 0.439 e. The summed E-state index contributed by atoms with van der Waals surface area (Å²) in [5, 5.41) is 0. The zero-order chi connectivity index (χ0) is 14.0. The molecule has 3 heteroatoms. The van der Waals surface area contributed by atoms with Gasteiger partial charge < -0.3 is 4.74 Å². The van der Waals surface area contributed by atoms with Gasteiger partial charge in [0.25, 0.3) is 0 Å². The van der Waals surface area contributed by atoms with E-state index in [4.69, 9.17) is 4.74 Å². The highest BCUT2D eigenvalue weighted by Gasteiger charge is 2.18. The number of aromatic nitrogens is 1. The van der Waals surface area contributed by atoms with Crippen LogP contribution < -0.4 is 4.74 Å². The second kappa shape index (κ2) is 5.00. The number of rotatable bonds is 2. The number of benzene rings is 1. The molecular formula is C16H18FNO. The zero-order valence-electron chi connectivity index (χ0n) is 11.7. The van der Waals surface area contributed by atoms with Crippen LogP contribution in [0.3, 0.4) is 0 Å². The Bertz CT molecular complexity index is 588. The summed E-state index contributed by atoms with van der Waals surface area (Å²) in [5.41, 5.74) is 1.51. The molecule has 0 amide bonds. The molecule has 1 heterocycles. The fourth-order valence-electron chi connectivity index (χ4n) is 1.85. The van der Waals surface area contributed by atoms with Gasteiger partial charge >= 0.3 is 0 Å². The highest BCUT2D eigenvalue weighted by Crippen LogP contribution is 2.29. The average Bonchev–Trinajstić information content (AvgIpc) is 2.27. The topological polar surface area (TPSA) is 22.1 Å². The van der Waals surface area contributed by atoms with Crippen LogP contribution in [0.1, 0.15) is 31.9 Å². The smallest absolute Gasteiger partial charge is 0.219 e. The Morgan fingerprint density at radius 2 is 1.84 bits per heavy atom. The van der Waals surface area contributed by atoms with Crippen LogP contribution in [-0.2, 0) is 5.41 Å². The zero-order valence-corrected chi connectivity index (χ0v) is 11.7. The minimum Gasteiger partial charge on any atom is -0.439 e. The van der Waals surface area contributed by atoms with Gasteiger partial charge in [-0.2, -0.15) is 0 Å². The predicted molar refractivity (Wildman–Crippen MR) is 74.1 cm³/mol. The molecule has 0 saturated carbocycles. The van der Waals surface area contributed by atoms with E-state index < -0.39 is 0 Å². The van der Waals surface area contributed by atoms with Gasteiger partial charge in [-0.15, -0.1) is 0 Å². The van der Waals surface area contributed by atoms with E-state index >= 15 is 0 Å². The Hall–Kier alpha value is -1.90. The molecule has 1 aromatic carbocycles. The number of hydrogen-bond acceptors (Lipinski definition) is 2. The van der Waals surface area contributed by atoms with Crippen molar-refractivity contribution in [3.05, 3.63) is 53.5 Å². The highest BCUT2D eigenvalue weighted by atomic mass is 19.1. The van der Waals surface area contributed by atoms with Gasteiger partial charge in [-0.3, -0.25) is 0 Å². The molecule has 0 radical (unpaired) electrons. The van der Waals surface area contributed by atoms with E-state index in [0.717, 1.165) is 5.56 Å². The highest BCUT2D eigenvalue weighted by molar-refractivity contribution is 5.35. The van der Waals surface area contributed by atoms with Crippen LogP contribution in [0.25, 0.3) is 0 Å². The number of hydrogen-bond donors (Lipinski definition) is 0. The van der Waals surface area contributed by atoms with Crippen LogP contribution >= 0.6 is 0 Å². The molecule has 0 unspecified atom stereocenters. The van der Waals surface area contributed by atoms with Crippen LogP contribution in [0.15, 0.2) is 36.5 Å². The molecule has 0 spiro atoms. The van der Waals surface area contributed by atoms with E-state index in [1.165, 1.54) is 6.07 Å². The van der Waals surface area contributed by atoms with Crippen molar-refractivity contribution in [3.63, 3.8) is 0 Å².